The molecule has 0 bridgehead atoms. The van der Waals surface area contributed by atoms with Crippen LogP contribution in [0.15, 0.2) is 510 Å². The van der Waals surface area contributed by atoms with Crippen LogP contribution in [0.2, 0.25) is 0 Å². The van der Waals surface area contributed by atoms with E-state index in [1.165, 1.54) is 150 Å². The Balaban J connectivity index is 0.000000112. The monoisotopic (exact) mass is 1830 g/mol. The third kappa shape index (κ3) is 16.4. The summed E-state index contributed by atoms with van der Waals surface area (Å²) in [5, 5.41) is 15.3. The molecule has 0 N–H and O–H groups in total. The first-order valence-electron chi connectivity index (χ1n) is 47.5. The van der Waals surface area contributed by atoms with Gasteiger partial charge in [-0.2, -0.15) is 0 Å². The molecule has 0 spiro atoms. The fraction of sp³-hybridized carbons (Fsp3) is 0. The second-order valence-electron chi connectivity index (χ2n) is 35.2. The third-order valence-corrected chi connectivity index (χ3v) is 29.3. The normalized spacial score (nSPS) is 11.4. The number of pyridine rings is 1. The molecule has 0 saturated carbocycles. The van der Waals surface area contributed by atoms with Crippen LogP contribution in [-0.2, 0) is 0 Å². The van der Waals surface area contributed by atoms with Crippen molar-refractivity contribution >= 4 is 117 Å². The number of nitrogens with zero attached hydrogens (tertiary/aromatic N) is 8. The molecule has 0 aliphatic rings. The van der Waals surface area contributed by atoms with Gasteiger partial charge in [0.15, 0.2) is 34.9 Å². The fourth-order valence-corrected chi connectivity index (χ4v) is 22.6. The highest BCUT2D eigenvalue weighted by atomic mass is 32.1. The lowest BCUT2D eigenvalue weighted by atomic mass is 9.92. The first-order valence-corrected chi connectivity index (χ1v) is 49.1. The summed E-state index contributed by atoms with van der Waals surface area (Å²) in [6.45, 7) is 0. The largest absolute Gasteiger partial charge is 0.294 e. The minimum Gasteiger partial charge on any atom is -0.294 e. The molecule has 0 saturated heterocycles. The summed E-state index contributed by atoms with van der Waals surface area (Å²) >= 11 is 3.73. The molecule has 0 radical (unpaired) electrons. The second-order valence-corrected chi connectivity index (χ2v) is 37.3. The van der Waals surface area contributed by atoms with Crippen molar-refractivity contribution in [2.45, 2.75) is 0 Å². The maximum atomic E-state index is 5.21. The van der Waals surface area contributed by atoms with Gasteiger partial charge >= 0.3 is 0 Å². The first kappa shape index (κ1) is 84.5. The molecule has 0 atom stereocenters. The van der Waals surface area contributed by atoms with Gasteiger partial charge < -0.3 is 0 Å². The fourth-order valence-electron chi connectivity index (χ4n) is 19.8. The van der Waals surface area contributed by atoms with E-state index in [-0.39, 0.29) is 0 Å². The maximum Gasteiger partial charge on any atom is 0.164 e. The lowest BCUT2D eigenvalue weighted by Crippen LogP contribution is -2.00. The van der Waals surface area contributed by atoms with Crippen molar-refractivity contribution in [2.24, 2.45) is 0 Å². The number of fused-ring (bicyclic) bond motifs is 15. The summed E-state index contributed by atoms with van der Waals surface area (Å²) in [4.78, 5) is 34.9. The Morgan fingerprint density at radius 1 is 0.135 bits per heavy atom. The van der Waals surface area contributed by atoms with Gasteiger partial charge in [-0.25, -0.2) is 34.9 Å². The van der Waals surface area contributed by atoms with E-state index in [9.17, 15) is 0 Å². The van der Waals surface area contributed by atoms with Crippen LogP contribution in [0.3, 0.4) is 0 Å². The Bertz CT molecular complexity index is 8830. The molecule has 10 heteroatoms. The van der Waals surface area contributed by atoms with Gasteiger partial charge in [-0.3, -0.25) is 4.57 Å². The van der Waals surface area contributed by atoms with Crippen LogP contribution < -0.4 is 0 Å². The Labute approximate surface area is 823 Å². The average Bonchev–Trinajstić information content (AvgIpc) is 1.68. The van der Waals surface area contributed by atoms with E-state index in [0.29, 0.717) is 34.9 Å². The maximum absolute atomic E-state index is 5.21. The number of para-hydroxylation sites is 2. The number of rotatable bonds is 15. The van der Waals surface area contributed by atoms with Crippen LogP contribution >= 0.6 is 22.7 Å². The number of aromatic nitrogens is 8. The molecular formula is C131H84N8S2. The van der Waals surface area contributed by atoms with Gasteiger partial charge in [0.2, 0.25) is 0 Å². The van der Waals surface area contributed by atoms with Gasteiger partial charge in [0.1, 0.15) is 5.82 Å². The highest BCUT2D eigenvalue weighted by Crippen LogP contribution is 2.49. The molecule has 0 aliphatic carbocycles. The van der Waals surface area contributed by atoms with Gasteiger partial charge in [0, 0.05) is 90.1 Å². The topological polar surface area (TPSA) is 95.2 Å². The van der Waals surface area contributed by atoms with E-state index in [4.69, 9.17) is 34.9 Å². The zero-order valence-electron chi connectivity index (χ0n) is 76.4. The van der Waals surface area contributed by atoms with Crippen molar-refractivity contribution in [1.82, 2.24) is 39.5 Å². The van der Waals surface area contributed by atoms with E-state index in [2.05, 4.69) is 393 Å². The Morgan fingerprint density at radius 3 is 0.759 bits per heavy atom. The highest BCUT2D eigenvalue weighted by molar-refractivity contribution is 7.27. The number of hydrogen-bond donors (Lipinski definition) is 0. The van der Waals surface area contributed by atoms with Gasteiger partial charge in [0.05, 0.1) is 16.7 Å². The van der Waals surface area contributed by atoms with Crippen molar-refractivity contribution in [3.05, 3.63) is 510 Å². The van der Waals surface area contributed by atoms with Crippen molar-refractivity contribution in [1.29, 1.82) is 0 Å². The van der Waals surface area contributed by atoms with Gasteiger partial charge in [-0.15, -0.1) is 22.7 Å². The second kappa shape index (κ2) is 37.1. The summed E-state index contributed by atoms with van der Waals surface area (Å²) in [6.07, 6.45) is 0. The molecule has 141 heavy (non-hydrogen) atoms. The van der Waals surface area contributed by atoms with Crippen LogP contribution in [0.5, 0.6) is 0 Å². The highest BCUT2D eigenvalue weighted by Gasteiger charge is 2.23. The van der Waals surface area contributed by atoms with Gasteiger partial charge in [-0.1, -0.05) is 461 Å². The molecular weight excluding hydrogens is 1750 g/mol. The Morgan fingerprint density at radius 2 is 0.376 bits per heavy atom. The summed E-state index contributed by atoms with van der Waals surface area (Å²) in [6, 6.07) is 180. The molecule has 660 valence electrons. The minimum atomic E-state index is 0.652. The number of benzene rings is 21. The zero-order chi connectivity index (χ0) is 93.5. The van der Waals surface area contributed by atoms with Crippen LogP contribution in [0.4, 0.5) is 0 Å². The zero-order valence-corrected chi connectivity index (χ0v) is 78.0. The summed E-state index contributed by atoms with van der Waals surface area (Å²) in [5.41, 5.74) is 27.0. The lowest BCUT2D eigenvalue weighted by molar-refractivity contribution is 1.07. The molecule has 8 nitrogen and oxygen atoms in total. The van der Waals surface area contributed by atoms with E-state index in [1.54, 1.807) is 0 Å². The van der Waals surface area contributed by atoms with Crippen molar-refractivity contribution in [2.75, 3.05) is 0 Å². The van der Waals surface area contributed by atoms with Crippen molar-refractivity contribution < 1.29 is 0 Å². The minimum absolute atomic E-state index is 0.652. The van der Waals surface area contributed by atoms with Crippen LogP contribution in [0.25, 0.3) is 258 Å². The smallest absolute Gasteiger partial charge is 0.164 e. The molecule has 6 aromatic heterocycles. The standard InChI is InChI=1S/2C45H29N3S.C41H26N2/c2*1-4-13-30(14-5-1)31-25-27-32(28-26-31)37-21-11-23-39-40-24-12-22-38(42(40)49-41(37)39)35-19-10-20-36(29-35)45-47-43(33-15-6-2-7-16-33)46-44(48-45)34-17-8-3-9-18-34;1-2-15-32-30(13-1)31-14-3-4-16-33(31)37-26-28(23-24-34(32)37)27-11-9-12-29(25-27)38-19-10-22-41(42-38)43-39-20-7-5-17-35(39)36-18-6-8-21-40(36)43/h2*1-29H;1-26H. The van der Waals surface area contributed by atoms with Crippen molar-refractivity contribution in [3.63, 3.8) is 0 Å². The van der Waals surface area contributed by atoms with Gasteiger partial charge in [-0.05, 0) is 159 Å². The van der Waals surface area contributed by atoms with E-state index < -0.39 is 0 Å². The van der Waals surface area contributed by atoms with Crippen molar-refractivity contribution in [3.8, 4) is 163 Å². The molecule has 27 rings (SSSR count). The molecule has 0 unspecified atom stereocenters. The molecule has 6 heterocycles. The number of hydrogen-bond acceptors (Lipinski definition) is 9. The summed E-state index contributed by atoms with van der Waals surface area (Å²) in [7, 11) is 0. The predicted molar refractivity (Wildman–Crippen MR) is 593 cm³/mol. The molecule has 0 fully saturated rings. The summed E-state index contributed by atoms with van der Waals surface area (Å²) in [5.74, 6) is 4.86. The van der Waals surface area contributed by atoms with E-state index in [1.807, 2.05) is 144 Å². The Kier molecular flexibility index (Phi) is 22.3. The average molecular weight is 1830 g/mol. The Hall–Kier alpha value is -18.2. The SMILES string of the molecule is c1cc(-c2ccc3c4ccccc4c4ccccc4c3c2)cc(-c2cccc(-n3c4ccccc4c4ccccc43)n2)c1.c1ccc(-c2ccc(-c3cccc4c3sc3c(-c5cccc(-c6nc(-c7ccccc7)nc(-c7ccccc7)n6)c5)cccc34)cc2)cc1.c1ccc(-c2ccc(-c3cccc4c3sc3c(-c5cccc(-c6nc(-c7ccccc7)nc(-c7ccccc7)n6)c5)cccc34)cc2)cc1. The van der Waals surface area contributed by atoms with Crippen LogP contribution in [0, 0.1) is 0 Å². The van der Waals surface area contributed by atoms with E-state index in [0.717, 1.165) is 72.6 Å². The molecule has 21 aromatic carbocycles. The van der Waals surface area contributed by atoms with Crippen LogP contribution in [-0.4, -0.2) is 39.5 Å². The van der Waals surface area contributed by atoms with Crippen LogP contribution in [0.1, 0.15) is 0 Å². The number of thiophene rings is 2. The summed E-state index contributed by atoms with van der Waals surface area (Å²) < 4.78 is 7.41. The lowest BCUT2D eigenvalue weighted by Gasteiger charge is -2.13. The predicted octanol–water partition coefficient (Wildman–Crippen LogP) is 35.5. The molecule has 27 aromatic rings. The molecule has 0 amide bonds. The molecule has 0 aliphatic heterocycles. The quantitative estimate of drug-likeness (QED) is 0.0944. The van der Waals surface area contributed by atoms with E-state index >= 15 is 0 Å². The van der Waals surface area contributed by atoms with Gasteiger partial charge in [0.25, 0.3) is 0 Å². The third-order valence-electron chi connectivity index (χ3n) is 26.7. The first-order chi connectivity index (χ1) is 69.9.